The Morgan fingerprint density at radius 1 is 1.09 bits per heavy atom. The molecule has 0 unspecified atom stereocenters. The molecule has 1 heterocycles. The zero-order valence-electron chi connectivity index (χ0n) is 11.6. The molecule has 0 amide bonds. The lowest BCUT2D eigenvalue weighted by Crippen LogP contribution is -1.96. The van der Waals surface area contributed by atoms with Crippen molar-refractivity contribution in [3.63, 3.8) is 0 Å². The maximum absolute atomic E-state index is 12.8. The van der Waals surface area contributed by atoms with Gasteiger partial charge in [0.2, 0.25) is 0 Å². The fourth-order valence-corrected chi connectivity index (χ4v) is 1.82. The minimum Gasteiger partial charge on any atom is -0.489 e. The normalized spacial score (nSPS) is 11.0. The molecule has 0 aliphatic carbocycles. The molecule has 0 fully saturated rings. The van der Waals surface area contributed by atoms with Crippen LogP contribution in [-0.4, -0.2) is 21.1 Å². The molecule has 0 atom stereocenters. The van der Waals surface area contributed by atoms with Crippen molar-refractivity contribution in [1.82, 2.24) is 14.9 Å². The molecule has 22 heavy (non-hydrogen) atoms. The first kappa shape index (κ1) is 13.9. The lowest BCUT2D eigenvalue weighted by molar-refractivity contribution is 0.306. The van der Waals surface area contributed by atoms with E-state index in [1.165, 1.54) is 29.5 Å². The molecule has 0 saturated carbocycles. The van der Waals surface area contributed by atoms with Crippen LogP contribution in [0.4, 0.5) is 4.39 Å². The van der Waals surface area contributed by atoms with Gasteiger partial charge in [-0.1, -0.05) is 24.3 Å². The van der Waals surface area contributed by atoms with E-state index in [2.05, 4.69) is 15.3 Å². The fraction of sp³-hybridized carbons (Fsp3) is 0.0625. The predicted octanol–water partition coefficient (Wildman–Crippen LogP) is 2.88. The van der Waals surface area contributed by atoms with Crippen LogP contribution in [0.1, 0.15) is 11.1 Å². The predicted molar refractivity (Wildman–Crippen MR) is 80.2 cm³/mol. The van der Waals surface area contributed by atoms with Crippen molar-refractivity contribution < 1.29 is 9.13 Å². The fourth-order valence-electron chi connectivity index (χ4n) is 1.82. The smallest absolute Gasteiger partial charge is 0.141 e. The summed E-state index contributed by atoms with van der Waals surface area (Å²) in [7, 11) is 0. The molecule has 1 aromatic heterocycles. The highest BCUT2D eigenvalue weighted by Crippen LogP contribution is 2.14. The van der Waals surface area contributed by atoms with Gasteiger partial charge in [0.15, 0.2) is 0 Å². The van der Waals surface area contributed by atoms with Crippen molar-refractivity contribution in [3.05, 3.63) is 78.1 Å². The Morgan fingerprint density at radius 3 is 2.64 bits per heavy atom. The van der Waals surface area contributed by atoms with Crippen molar-refractivity contribution >= 4 is 6.21 Å². The molecule has 0 N–H and O–H groups in total. The first-order valence-corrected chi connectivity index (χ1v) is 6.66. The monoisotopic (exact) mass is 296 g/mol. The van der Waals surface area contributed by atoms with Crippen LogP contribution < -0.4 is 4.74 Å². The molecule has 2 aromatic carbocycles. The van der Waals surface area contributed by atoms with E-state index in [1.54, 1.807) is 18.3 Å². The van der Waals surface area contributed by atoms with Gasteiger partial charge in [-0.2, -0.15) is 5.10 Å². The highest BCUT2D eigenvalue weighted by Gasteiger charge is 1.98. The minimum absolute atomic E-state index is 0.254. The summed E-state index contributed by atoms with van der Waals surface area (Å²) < 4.78 is 20.0. The molecule has 3 rings (SSSR count). The van der Waals surface area contributed by atoms with Crippen molar-refractivity contribution in [3.8, 4) is 5.75 Å². The first-order valence-electron chi connectivity index (χ1n) is 6.66. The Morgan fingerprint density at radius 2 is 1.86 bits per heavy atom. The topological polar surface area (TPSA) is 52.3 Å². The van der Waals surface area contributed by atoms with Gasteiger partial charge >= 0.3 is 0 Å². The van der Waals surface area contributed by atoms with E-state index >= 15 is 0 Å². The highest BCUT2D eigenvalue weighted by atomic mass is 19.1. The van der Waals surface area contributed by atoms with Crippen LogP contribution in [0.15, 0.2) is 66.3 Å². The maximum Gasteiger partial charge on any atom is 0.141 e. The van der Waals surface area contributed by atoms with Crippen LogP contribution in [0.5, 0.6) is 5.75 Å². The summed E-state index contributed by atoms with van der Waals surface area (Å²) in [4.78, 5) is 0. The van der Waals surface area contributed by atoms with E-state index in [1.807, 2.05) is 24.3 Å². The van der Waals surface area contributed by atoms with Crippen LogP contribution in [0.25, 0.3) is 0 Å². The van der Waals surface area contributed by atoms with E-state index in [0.717, 1.165) is 16.9 Å². The lowest BCUT2D eigenvalue weighted by atomic mass is 10.2. The molecule has 0 spiro atoms. The molecule has 0 aliphatic rings. The molecule has 6 heteroatoms. The molecule has 3 aromatic rings. The largest absolute Gasteiger partial charge is 0.489 e. The van der Waals surface area contributed by atoms with Crippen molar-refractivity contribution in [2.45, 2.75) is 6.61 Å². The van der Waals surface area contributed by atoms with E-state index in [9.17, 15) is 4.39 Å². The SMILES string of the molecule is Fc1ccc(COc2cccc(/C=N\n3cnnc3)c2)cc1. The molecule has 0 radical (unpaired) electrons. The summed E-state index contributed by atoms with van der Waals surface area (Å²) >= 11 is 0. The number of aromatic nitrogens is 3. The molecule has 110 valence electrons. The average Bonchev–Trinajstić information content (AvgIpc) is 3.06. The average molecular weight is 296 g/mol. The second-order valence-corrected chi connectivity index (χ2v) is 4.57. The maximum atomic E-state index is 12.8. The summed E-state index contributed by atoms with van der Waals surface area (Å²) in [6, 6.07) is 13.8. The highest BCUT2D eigenvalue weighted by molar-refractivity contribution is 5.80. The molecule has 0 saturated heterocycles. The quantitative estimate of drug-likeness (QED) is 0.680. The van der Waals surface area contributed by atoms with E-state index in [4.69, 9.17) is 4.74 Å². The summed E-state index contributed by atoms with van der Waals surface area (Å²) in [5, 5.41) is 11.5. The third-order valence-corrected chi connectivity index (χ3v) is 2.92. The lowest BCUT2D eigenvalue weighted by Gasteiger charge is -2.06. The molecule has 0 bridgehead atoms. The van der Waals surface area contributed by atoms with Crippen molar-refractivity contribution in [2.24, 2.45) is 5.10 Å². The second kappa shape index (κ2) is 6.62. The van der Waals surface area contributed by atoms with Crippen LogP contribution in [0, 0.1) is 5.82 Å². The van der Waals surface area contributed by atoms with Crippen LogP contribution in [-0.2, 0) is 6.61 Å². The summed E-state index contributed by atoms with van der Waals surface area (Å²) in [5.74, 6) is 0.466. The van der Waals surface area contributed by atoms with Gasteiger partial charge in [0.25, 0.3) is 0 Å². The number of hydrogen-bond acceptors (Lipinski definition) is 4. The number of benzene rings is 2. The number of ether oxygens (including phenoxy) is 1. The number of halogens is 1. The van der Waals surface area contributed by atoms with E-state index < -0.39 is 0 Å². The standard InChI is InChI=1S/C16H13FN4O/c17-15-6-4-13(5-7-15)10-22-16-3-1-2-14(8-16)9-20-21-11-18-19-12-21/h1-9,11-12H,10H2/b20-9-. The molecule has 0 aliphatic heterocycles. The summed E-state index contributed by atoms with van der Waals surface area (Å²) in [5.41, 5.74) is 1.80. The van der Waals surface area contributed by atoms with E-state index in [-0.39, 0.29) is 5.82 Å². The number of hydrogen-bond donors (Lipinski definition) is 0. The third-order valence-electron chi connectivity index (χ3n) is 2.92. The number of nitrogens with zero attached hydrogens (tertiary/aromatic N) is 4. The molecule has 5 nitrogen and oxygen atoms in total. The minimum atomic E-state index is -0.254. The van der Waals surface area contributed by atoms with Crippen LogP contribution >= 0.6 is 0 Å². The zero-order valence-corrected chi connectivity index (χ0v) is 11.6. The summed E-state index contributed by atoms with van der Waals surface area (Å²) in [6.45, 7) is 0.381. The Balaban J connectivity index is 1.64. The second-order valence-electron chi connectivity index (χ2n) is 4.57. The van der Waals surface area contributed by atoms with Gasteiger partial charge in [0.1, 0.15) is 30.8 Å². The molecular formula is C16H13FN4O. The van der Waals surface area contributed by atoms with Gasteiger partial charge in [-0.3, -0.25) is 0 Å². The Labute approximate surface area is 126 Å². The molecular weight excluding hydrogens is 283 g/mol. The Bertz CT molecular complexity index is 754. The third kappa shape index (κ3) is 3.76. The van der Waals surface area contributed by atoms with Crippen LogP contribution in [0.3, 0.4) is 0 Å². The van der Waals surface area contributed by atoms with Gasteiger partial charge in [-0.05, 0) is 35.4 Å². The van der Waals surface area contributed by atoms with Crippen molar-refractivity contribution in [2.75, 3.05) is 0 Å². The van der Waals surface area contributed by atoms with Gasteiger partial charge in [-0.15, -0.1) is 10.2 Å². The van der Waals surface area contributed by atoms with Gasteiger partial charge in [0, 0.05) is 0 Å². The van der Waals surface area contributed by atoms with Gasteiger partial charge in [-0.25, -0.2) is 9.07 Å². The van der Waals surface area contributed by atoms with Gasteiger partial charge in [0.05, 0.1) is 6.21 Å². The number of rotatable bonds is 5. The van der Waals surface area contributed by atoms with Crippen LogP contribution in [0.2, 0.25) is 0 Å². The Hall–Kier alpha value is -3.02. The Kier molecular flexibility index (Phi) is 4.20. The first-order chi connectivity index (χ1) is 10.8. The van der Waals surface area contributed by atoms with Gasteiger partial charge < -0.3 is 4.74 Å². The van der Waals surface area contributed by atoms with E-state index in [0.29, 0.717) is 6.61 Å². The summed E-state index contributed by atoms with van der Waals surface area (Å²) in [6.07, 6.45) is 4.70. The zero-order chi connectivity index (χ0) is 15.2. The van der Waals surface area contributed by atoms with Crippen molar-refractivity contribution in [1.29, 1.82) is 0 Å².